The molecule has 0 saturated carbocycles. The number of amides is 1. The third-order valence-corrected chi connectivity index (χ3v) is 2.93. The van der Waals surface area contributed by atoms with Gasteiger partial charge in [0, 0.05) is 6.07 Å². The van der Waals surface area contributed by atoms with Crippen LogP contribution in [0.3, 0.4) is 0 Å². The molecule has 0 radical (unpaired) electrons. The molecule has 0 aliphatic carbocycles. The van der Waals surface area contributed by atoms with Gasteiger partial charge in [0.05, 0.1) is 12.6 Å². The molecular weight excluding hydrogens is 254 g/mol. The van der Waals surface area contributed by atoms with Gasteiger partial charge in [0.2, 0.25) is 5.91 Å². The van der Waals surface area contributed by atoms with Crippen LogP contribution in [0, 0.1) is 11.6 Å². The monoisotopic (exact) mass is 270 g/mol. The van der Waals surface area contributed by atoms with Crippen LogP contribution in [0.1, 0.15) is 12.8 Å². The van der Waals surface area contributed by atoms with Crippen molar-refractivity contribution in [2.24, 2.45) is 0 Å². The highest BCUT2D eigenvalue weighted by Gasteiger charge is 2.21. The van der Waals surface area contributed by atoms with E-state index >= 15 is 0 Å². The first-order valence-electron chi connectivity index (χ1n) is 6.26. The van der Waals surface area contributed by atoms with Gasteiger partial charge in [0.25, 0.3) is 0 Å². The van der Waals surface area contributed by atoms with Gasteiger partial charge in [-0.1, -0.05) is 0 Å². The van der Waals surface area contributed by atoms with Crippen LogP contribution in [0.25, 0.3) is 0 Å². The van der Waals surface area contributed by atoms with Crippen LogP contribution in [0.4, 0.5) is 8.78 Å². The summed E-state index contributed by atoms with van der Waals surface area (Å²) in [6.07, 6.45) is 1.83. The Kier molecular flexibility index (Phi) is 4.68. The maximum atomic E-state index is 13.2. The van der Waals surface area contributed by atoms with Crippen LogP contribution in [0.15, 0.2) is 18.2 Å². The Hall–Kier alpha value is -1.69. The zero-order valence-electron chi connectivity index (χ0n) is 10.4. The van der Waals surface area contributed by atoms with E-state index in [-0.39, 0.29) is 30.9 Å². The fourth-order valence-corrected chi connectivity index (χ4v) is 1.96. The first-order valence-corrected chi connectivity index (χ1v) is 6.26. The Bertz CT molecular complexity index is 448. The molecule has 0 bridgehead atoms. The van der Waals surface area contributed by atoms with E-state index in [1.54, 1.807) is 0 Å². The van der Waals surface area contributed by atoms with Crippen molar-refractivity contribution in [3.8, 4) is 5.75 Å². The molecule has 2 N–H and O–H groups in total. The molecule has 1 amide bonds. The first kappa shape index (κ1) is 13.7. The van der Waals surface area contributed by atoms with Crippen LogP contribution in [-0.2, 0) is 4.79 Å². The molecule has 0 aromatic heterocycles. The van der Waals surface area contributed by atoms with Crippen molar-refractivity contribution < 1.29 is 18.3 Å². The van der Waals surface area contributed by atoms with Gasteiger partial charge in [-0.05, 0) is 31.5 Å². The van der Waals surface area contributed by atoms with Crippen LogP contribution in [0.5, 0.6) is 5.75 Å². The topological polar surface area (TPSA) is 50.4 Å². The molecule has 2 rings (SSSR count). The maximum absolute atomic E-state index is 13.2. The summed E-state index contributed by atoms with van der Waals surface area (Å²) in [4.78, 5) is 11.6. The highest BCUT2D eigenvalue weighted by Crippen LogP contribution is 2.17. The van der Waals surface area contributed by atoms with Gasteiger partial charge < -0.3 is 15.4 Å². The maximum Gasteiger partial charge on any atom is 0.237 e. The minimum Gasteiger partial charge on any atom is -0.489 e. The van der Waals surface area contributed by atoms with Crippen molar-refractivity contribution in [3.63, 3.8) is 0 Å². The lowest BCUT2D eigenvalue weighted by Gasteiger charge is -2.12. The highest BCUT2D eigenvalue weighted by atomic mass is 19.1. The number of nitrogens with one attached hydrogen (secondary N) is 2. The molecule has 4 nitrogen and oxygen atoms in total. The molecule has 6 heteroatoms. The molecular formula is C13H16F2N2O2. The molecule has 1 atom stereocenters. The third kappa shape index (κ3) is 3.89. The molecule has 19 heavy (non-hydrogen) atoms. The molecule has 1 aromatic rings. The Morgan fingerprint density at radius 1 is 1.47 bits per heavy atom. The quantitative estimate of drug-likeness (QED) is 0.791. The Labute approximate surface area is 110 Å². The number of carbonyl (C=O) groups is 1. The smallest absolute Gasteiger partial charge is 0.237 e. The number of hydrogen-bond donors (Lipinski definition) is 2. The first-order chi connectivity index (χ1) is 9.16. The van der Waals surface area contributed by atoms with E-state index in [9.17, 15) is 13.6 Å². The Balaban J connectivity index is 1.70. The van der Waals surface area contributed by atoms with E-state index in [2.05, 4.69) is 10.6 Å². The zero-order valence-corrected chi connectivity index (χ0v) is 10.4. The van der Waals surface area contributed by atoms with Crippen LogP contribution in [0.2, 0.25) is 0 Å². The molecule has 1 aromatic carbocycles. The molecule has 1 aliphatic heterocycles. The highest BCUT2D eigenvalue weighted by molar-refractivity contribution is 5.81. The number of benzene rings is 1. The van der Waals surface area contributed by atoms with E-state index < -0.39 is 11.6 Å². The molecule has 1 fully saturated rings. The van der Waals surface area contributed by atoms with E-state index in [4.69, 9.17) is 4.74 Å². The fourth-order valence-electron chi connectivity index (χ4n) is 1.96. The van der Waals surface area contributed by atoms with Gasteiger partial charge in [0.15, 0.2) is 11.6 Å². The average Bonchev–Trinajstić information content (AvgIpc) is 2.90. The lowest BCUT2D eigenvalue weighted by Crippen LogP contribution is -2.41. The molecule has 0 spiro atoms. The van der Waals surface area contributed by atoms with E-state index in [1.165, 1.54) is 6.07 Å². The minimum absolute atomic E-state index is 0.0189. The predicted molar refractivity (Wildman–Crippen MR) is 65.9 cm³/mol. The van der Waals surface area contributed by atoms with E-state index in [1.807, 2.05) is 0 Å². The molecule has 1 saturated heterocycles. The van der Waals surface area contributed by atoms with E-state index in [0.29, 0.717) is 0 Å². The van der Waals surface area contributed by atoms with Crippen molar-refractivity contribution in [2.75, 3.05) is 19.7 Å². The Morgan fingerprint density at radius 3 is 3.00 bits per heavy atom. The number of carbonyl (C=O) groups excluding carboxylic acids is 1. The van der Waals surface area contributed by atoms with Gasteiger partial charge in [-0.25, -0.2) is 8.78 Å². The SMILES string of the molecule is O=C(NCCOc1ccc(F)cc1F)[C@@H]1CCCN1. The lowest BCUT2D eigenvalue weighted by molar-refractivity contribution is -0.122. The number of ether oxygens (including phenoxy) is 1. The fraction of sp³-hybridized carbons (Fsp3) is 0.462. The lowest BCUT2D eigenvalue weighted by atomic mass is 10.2. The van der Waals surface area contributed by atoms with Crippen molar-refractivity contribution in [1.82, 2.24) is 10.6 Å². The molecule has 104 valence electrons. The summed E-state index contributed by atoms with van der Waals surface area (Å²) in [6.45, 7) is 1.28. The van der Waals surface area contributed by atoms with Gasteiger partial charge >= 0.3 is 0 Å². The average molecular weight is 270 g/mol. The summed E-state index contributed by atoms with van der Waals surface area (Å²) >= 11 is 0. The molecule has 1 aliphatic rings. The van der Waals surface area contributed by atoms with Crippen molar-refractivity contribution >= 4 is 5.91 Å². The predicted octanol–water partition coefficient (Wildman–Crippen LogP) is 1.21. The third-order valence-electron chi connectivity index (χ3n) is 2.93. The van der Waals surface area contributed by atoms with Crippen molar-refractivity contribution in [3.05, 3.63) is 29.8 Å². The normalized spacial score (nSPS) is 18.3. The van der Waals surface area contributed by atoms with Gasteiger partial charge in [-0.15, -0.1) is 0 Å². The standard InChI is InChI=1S/C13H16F2N2O2/c14-9-3-4-12(10(15)8-9)19-7-6-17-13(18)11-2-1-5-16-11/h3-4,8,11,16H,1-2,5-7H2,(H,17,18)/t11-/m0/s1. The van der Waals surface area contributed by atoms with Crippen molar-refractivity contribution in [2.45, 2.75) is 18.9 Å². The molecule has 0 unspecified atom stereocenters. The van der Waals surface area contributed by atoms with Gasteiger partial charge in [-0.3, -0.25) is 4.79 Å². The number of halogens is 2. The van der Waals surface area contributed by atoms with Crippen LogP contribution < -0.4 is 15.4 Å². The van der Waals surface area contributed by atoms with Crippen molar-refractivity contribution in [1.29, 1.82) is 0 Å². The zero-order chi connectivity index (χ0) is 13.7. The second kappa shape index (κ2) is 6.47. The van der Waals surface area contributed by atoms with E-state index in [0.717, 1.165) is 31.5 Å². The molecule has 1 heterocycles. The Morgan fingerprint density at radius 2 is 2.32 bits per heavy atom. The second-order valence-corrected chi connectivity index (χ2v) is 4.36. The number of hydrogen-bond acceptors (Lipinski definition) is 3. The van der Waals surface area contributed by atoms with Crippen LogP contribution >= 0.6 is 0 Å². The van der Waals surface area contributed by atoms with Crippen LogP contribution in [-0.4, -0.2) is 31.6 Å². The number of rotatable bonds is 5. The summed E-state index contributed by atoms with van der Waals surface area (Å²) < 4.78 is 31.0. The minimum atomic E-state index is -0.746. The second-order valence-electron chi connectivity index (χ2n) is 4.36. The summed E-state index contributed by atoms with van der Waals surface area (Å²) in [7, 11) is 0. The largest absolute Gasteiger partial charge is 0.489 e. The summed E-state index contributed by atoms with van der Waals surface area (Å²) in [5.41, 5.74) is 0. The summed E-state index contributed by atoms with van der Waals surface area (Å²) in [5.74, 6) is -1.48. The summed E-state index contributed by atoms with van der Waals surface area (Å²) in [5, 5.41) is 5.78. The van der Waals surface area contributed by atoms with Gasteiger partial charge in [-0.2, -0.15) is 0 Å². The summed E-state index contributed by atoms with van der Waals surface area (Å²) in [6, 6.07) is 2.98. The van der Waals surface area contributed by atoms with Gasteiger partial charge in [0.1, 0.15) is 12.4 Å².